The number of carbonyl (C=O) groups is 1. The molecule has 3 aromatic rings. The van der Waals surface area contributed by atoms with Gasteiger partial charge in [0.1, 0.15) is 0 Å². The molecule has 5 heteroatoms. The molecule has 4 nitrogen and oxygen atoms in total. The molecular weight excluding hydrogens is 272 g/mol. The molecule has 0 bridgehead atoms. The smallest absolute Gasteiger partial charge is 0.354 e. The number of aromatic carboxylic acids is 1. The normalized spacial score (nSPS) is 10.4. The van der Waals surface area contributed by atoms with Crippen molar-refractivity contribution in [2.75, 3.05) is 0 Å². The maximum atomic E-state index is 11.2. The quantitative estimate of drug-likeness (QED) is 0.797. The summed E-state index contributed by atoms with van der Waals surface area (Å²) in [5.74, 6) is -0.632. The third-order valence-corrected chi connectivity index (χ3v) is 3.48. The van der Waals surface area contributed by atoms with Gasteiger partial charge in [0.25, 0.3) is 0 Å². The first-order valence-electron chi connectivity index (χ1n) is 5.94. The highest BCUT2D eigenvalue weighted by molar-refractivity contribution is 7.08. The number of thiophene rings is 1. The minimum Gasteiger partial charge on any atom is -0.477 e. The van der Waals surface area contributed by atoms with E-state index in [4.69, 9.17) is 0 Å². The van der Waals surface area contributed by atoms with Crippen molar-refractivity contribution in [3.05, 3.63) is 58.9 Å². The van der Waals surface area contributed by atoms with Crippen molar-refractivity contribution in [3.8, 4) is 22.6 Å². The topological polar surface area (TPSA) is 63.1 Å². The van der Waals surface area contributed by atoms with Crippen LogP contribution in [0.1, 0.15) is 10.5 Å². The third kappa shape index (κ3) is 2.44. The van der Waals surface area contributed by atoms with Crippen molar-refractivity contribution in [2.24, 2.45) is 0 Å². The molecule has 0 spiro atoms. The summed E-state index contributed by atoms with van der Waals surface area (Å²) in [6, 6.07) is 12.8. The molecule has 0 atom stereocenters. The van der Waals surface area contributed by atoms with E-state index < -0.39 is 5.97 Å². The summed E-state index contributed by atoms with van der Waals surface area (Å²) in [5.41, 5.74) is 2.32. The number of carboxylic acids is 1. The summed E-state index contributed by atoms with van der Waals surface area (Å²) in [6.07, 6.45) is 0. The maximum absolute atomic E-state index is 11.2. The molecule has 0 aliphatic carbocycles. The summed E-state index contributed by atoms with van der Waals surface area (Å²) < 4.78 is 0. The fourth-order valence-corrected chi connectivity index (χ4v) is 2.48. The van der Waals surface area contributed by atoms with Gasteiger partial charge in [0.05, 0.1) is 5.69 Å². The van der Waals surface area contributed by atoms with E-state index in [1.165, 1.54) is 6.07 Å². The Hall–Kier alpha value is -2.53. The van der Waals surface area contributed by atoms with Gasteiger partial charge in [0, 0.05) is 16.5 Å². The van der Waals surface area contributed by atoms with Gasteiger partial charge in [0.15, 0.2) is 11.5 Å². The molecule has 1 N–H and O–H groups in total. The summed E-state index contributed by atoms with van der Waals surface area (Å²) >= 11 is 1.54. The average molecular weight is 282 g/mol. The Kier molecular flexibility index (Phi) is 3.26. The SMILES string of the molecule is O=C(O)c1cc(-c2ccsc2)nc(-c2ccccc2)n1. The van der Waals surface area contributed by atoms with Gasteiger partial charge in [-0.1, -0.05) is 30.3 Å². The Bertz CT molecular complexity index is 740. The van der Waals surface area contributed by atoms with Gasteiger partial charge in [-0.05, 0) is 17.5 Å². The molecule has 0 aliphatic rings. The van der Waals surface area contributed by atoms with Gasteiger partial charge in [-0.15, -0.1) is 0 Å². The van der Waals surface area contributed by atoms with Crippen LogP contribution in [-0.2, 0) is 0 Å². The molecule has 98 valence electrons. The predicted octanol–water partition coefficient (Wildman–Crippen LogP) is 3.57. The Morgan fingerprint density at radius 1 is 1.05 bits per heavy atom. The van der Waals surface area contributed by atoms with Gasteiger partial charge in [-0.3, -0.25) is 0 Å². The molecule has 0 unspecified atom stereocenters. The summed E-state index contributed by atoms with van der Waals surface area (Å²) in [5, 5.41) is 13.1. The van der Waals surface area contributed by atoms with E-state index in [9.17, 15) is 9.90 Å². The molecule has 0 amide bonds. The highest BCUT2D eigenvalue weighted by atomic mass is 32.1. The number of benzene rings is 1. The Morgan fingerprint density at radius 2 is 1.85 bits per heavy atom. The largest absolute Gasteiger partial charge is 0.477 e. The predicted molar refractivity (Wildman–Crippen MR) is 77.7 cm³/mol. The number of nitrogens with zero attached hydrogens (tertiary/aromatic N) is 2. The number of hydrogen-bond donors (Lipinski definition) is 1. The summed E-state index contributed by atoms with van der Waals surface area (Å²) in [7, 11) is 0. The number of carboxylic acid groups (broad SMARTS) is 1. The van der Waals surface area contributed by atoms with E-state index in [0.29, 0.717) is 11.5 Å². The fraction of sp³-hybridized carbons (Fsp3) is 0. The molecule has 1 aromatic carbocycles. The highest BCUT2D eigenvalue weighted by Crippen LogP contribution is 2.24. The average Bonchev–Trinajstić information content (AvgIpc) is 3.02. The first-order chi connectivity index (χ1) is 9.74. The van der Waals surface area contributed by atoms with Crippen molar-refractivity contribution in [1.29, 1.82) is 0 Å². The van der Waals surface area contributed by atoms with Gasteiger partial charge >= 0.3 is 5.97 Å². The van der Waals surface area contributed by atoms with Crippen LogP contribution in [0.4, 0.5) is 0 Å². The van der Waals surface area contributed by atoms with Crippen molar-refractivity contribution in [2.45, 2.75) is 0 Å². The zero-order valence-electron chi connectivity index (χ0n) is 10.4. The molecule has 0 radical (unpaired) electrons. The van der Waals surface area contributed by atoms with Crippen molar-refractivity contribution >= 4 is 17.3 Å². The second kappa shape index (κ2) is 5.22. The Morgan fingerprint density at radius 3 is 2.50 bits per heavy atom. The van der Waals surface area contributed by atoms with Gasteiger partial charge in [-0.2, -0.15) is 11.3 Å². The number of hydrogen-bond acceptors (Lipinski definition) is 4. The monoisotopic (exact) mass is 282 g/mol. The minimum absolute atomic E-state index is 0.0000491. The highest BCUT2D eigenvalue weighted by Gasteiger charge is 2.12. The van der Waals surface area contributed by atoms with Crippen molar-refractivity contribution < 1.29 is 9.90 Å². The van der Waals surface area contributed by atoms with E-state index >= 15 is 0 Å². The lowest BCUT2D eigenvalue weighted by atomic mass is 10.1. The first kappa shape index (κ1) is 12.5. The van der Waals surface area contributed by atoms with Crippen molar-refractivity contribution in [3.63, 3.8) is 0 Å². The minimum atomic E-state index is -1.05. The lowest BCUT2D eigenvalue weighted by Crippen LogP contribution is -2.04. The van der Waals surface area contributed by atoms with E-state index in [0.717, 1.165) is 11.1 Å². The number of rotatable bonds is 3. The molecule has 0 fully saturated rings. The zero-order valence-corrected chi connectivity index (χ0v) is 11.2. The van der Waals surface area contributed by atoms with Crippen LogP contribution in [-0.4, -0.2) is 21.0 Å². The maximum Gasteiger partial charge on any atom is 0.354 e. The Labute approximate surface area is 119 Å². The van der Waals surface area contributed by atoms with E-state index in [1.54, 1.807) is 11.3 Å². The van der Waals surface area contributed by atoms with Crippen LogP contribution in [0.5, 0.6) is 0 Å². The fourth-order valence-electron chi connectivity index (χ4n) is 1.83. The second-order valence-corrected chi connectivity index (χ2v) is 4.93. The van der Waals surface area contributed by atoms with E-state index in [2.05, 4.69) is 9.97 Å². The zero-order chi connectivity index (χ0) is 13.9. The molecule has 0 saturated heterocycles. The first-order valence-corrected chi connectivity index (χ1v) is 6.89. The Balaban J connectivity index is 2.18. The second-order valence-electron chi connectivity index (χ2n) is 4.15. The molecular formula is C15H10N2O2S. The van der Waals surface area contributed by atoms with Crippen LogP contribution in [0.2, 0.25) is 0 Å². The third-order valence-electron chi connectivity index (χ3n) is 2.79. The van der Waals surface area contributed by atoms with Gasteiger partial charge in [0.2, 0.25) is 0 Å². The van der Waals surface area contributed by atoms with Crippen LogP contribution >= 0.6 is 11.3 Å². The van der Waals surface area contributed by atoms with Crippen LogP contribution in [0.15, 0.2) is 53.2 Å². The molecule has 20 heavy (non-hydrogen) atoms. The standard InChI is InChI=1S/C15H10N2O2S/c18-15(19)13-8-12(11-6-7-20-9-11)16-14(17-13)10-4-2-1-3-5-10/h1-9H,(H,18,19). The van der Waals surface area contributed by atoms with Crippen LogP contribution in [0.25, 0.3) is 22.6 Å². The van der Waals surface area contributed by atoms with Crippen molar-refractivity contribution in [1.82, 2.24) is 9.97 Å². The molecule has 0 saturated carbocycles. The lowest BCUT2D eigenvalue weighted by Gasteiger charge is -2.05. The lowest BCUT2D eigenvalue weighted by molar-refractivity contribution is 0.0690. The van der Waals surface area contributed by atoms with Crippen LogP contribution in [0.3, 0.4) is 0 Å². The van der Waals surface area contributed by atoms with Crippen LogP contribution in [0, 0.1) is 0 Å². The van der Waals surface area contributed by atoms with Crippen LogP contribution < -0.4 is 0 Å². The molecule has 2 aromatic heterocycles. The van der Waals surface area contributed by atoms with E-state index in [1.807, 2.05) is 47.2 Å². The van der Waals surface area contributed by atoms with E-state index in [-0.39, 0.29) is 5.69 Å². The summed E-state index contributed by atoms with van der Waals surface area (Å²) in [4.78, 5) is 19.8. The molecule has 3 rings (SSSR count). The number of aromatic nitrogens is 2. The summed E-state index contributed by atoms with van der Waals surface area (Å²) in [6.45, 7) is 0. The molecule has 2 heterocycles. The van der Waals surface area contributed by atoms with Gasteiger partial charge < -0.3 is 5.11 Å². The van der Waals surface area contributed by atoms with Gasteiger partial charge in [-0.25, -0.2) is 14.8 Å². The molecule has 0 aliphatic heterocycles.